The Labute approximate surface area is 170 Å². The lowest BCUT2D eigenvalue weighted by Gasteiger charge is -2.12. The Morgan fingerprint density at radius 1 is 0.933 bits per heavy atom. The van der Waals surface area contributed by atoms with Crippen LogP contribution in [0.2, 0.25) is 0 Å². The second-order valence-electron chi connectivity index (χ2n) is 6.46. The second kappa shape index (κ2) is 7.17. The van der Waals surface area contributed by atoms with Gasteiger partial charge in [-0.3, -0.25) is 4.98 Å². The molecule has 0 amide bonds. The van der Waals surface area contributed by atoms with E-state index in [1.807, 2.05) is 0 Å². The number of hydrogen-bond donors (Lipinski definition) is 0. The summed E-state index contributed by atoms with van der Waals surface area (Å²) in [5, 5.41) is 0.594. The zero-order valence-electron chi connectivity index (χ0n) is 15.6. The molecule has 0 N–H and O–H groups in total. The van der Waals surface area contributed by atoms with Gasteiger partial charge in [0.2, 0.25) is 0 Å². The van der Waals surface area contributed by atoms with Crippen LogP contribution in [-0.2, 0) is 16.2 Å². The number of aromatic nitrogens is 2. The molecule has 0 unspecified atom stereocenters. The third kappa shape index (κ3) is 3.41. The van der Waals surface area contributed by atoms with Crippen LogP contribution in [0.1, 0.15) is 5.56 Å². The standard InChI is InChI=1S/C21H15F3N2O3S/c1-29-17-6-8-18(9-7-17)30(27,28)26-13-11-15-10-12-25-19(20(15)26)14-2-4-16(5-3-14)21(22,23)24/h2-13H,1H3. The third-order valence-electron chi connectivity index (χ3n) is 4.67. The summed E-state index contributed by atoms with van der Waals surface area (Å²) in [5.41, 5.74) is 0.134. The zero-order chi connectivity index (χ0) is 21.5. The summed E-state index contributed by atoms with van der Waals surface area (Å²) in [5.74, 6) is 0.512. The van der Waals surface area contributed by atoms with Crippen molar-refractivity contribution < 1.29 is 26.3 Å². The van der Waals surface area contributed by atoms with Gasteiger partial charge < -0.3 is 4.74 Å². The predicted octanol–water partition coefficient (Wildman–Crippen LogP) is 4.97. The predicted molar refractivity (Wildman–Crippen MR) is 106 cm³/mol. The summed E-state index contributed by atoms with van der Waals surface area (Å²) in [4.78, 5) is 4.29. The van der Waals surface area contributed by atoms with Gasteiger partial charge in [0.25, 0.3) is 10.0 Å². The molecule has 30 heavy (non-hydrogen) atoms. The van der Waals surface area contributed by atoms with Crippen molar-refractivity contribution in [2.24, 2.45) is 0 Å². The first kappa shape index (κ1) is 20.0. The van der Waals surface area contributed by atoms with Crippen molar-refractivity contribution in [3.8, 4) is 17.0 Å². The Balaban J connectivity index is 1.87. The van der Waals surface area contributed by atoms with Crippen molar-refractivity contribution in [2.45, 2.75) is 11.1 Å². The first-order valence-electron chi connectivity index (χ1n) is 8.75. The second-order valence-corrected chi connectivity index (χ2v) is 8.28. The average molecular weight is 432 g/mol. The molecule has 0 spiro atoms. The Morgan fingerprint density at radius 3 is 2.20 bits per heavy atom. The van der Waals surface area contributed by atoms with E-state index >= 15 is 0 Å². The van der Waals surface area contributed by atoms with Crippen molar-refractivity contribution in [1.82, 2.24) is 8.96 Å². The van der Waals surface area contributed by atoms with Crippen molar-refractivity contribution in [1.29, 1.82) is 0 Å². The van der Waals surface area contributed by atoms with Crippen molar-refractivity contribution in [2.75, 3.05) is 7.11 Å². The van der Waals surface area contributed by atoms with Crippen molar-refractivity contribution in [3.05, 3.63) is 78.6 Å². The molecule has 0 aliphatic rings. The van der Waals surface area contributed by atoms with E-state index in [4.69, 9.17) is 4.74 Å². The van der Waals surface area contributed by atoms with Gasteiger partial charge in [0.05, 0.1) is 28.8 Å². The van der Waals surface area contributed by atoms with Crippen LogP contribution in [0.15, 0.2) is 78.0 Å². The number of rotatable bonds is 4. The molecule has 0 fully saturated rings. The van der Waals surface area contributed by atoms with Gasteiger partial charge in [-0.1, -0.05) is 12.1 Å². The number of halogens is 3. The van der Waals surface area contributed by atoms with E-state index in [1.165, 1.54) is 55.9 Å². The molecule has 9 heteroatoms. The van der Waals surface area contributed by atoms with Crippen LogP contribution in [0, 0.1) is 0 Å². The fraction of sp³-hybridized carbons (Fsp3) is 0.0952. The first-order valence-corrected chi connectivity index (χ1v) is 10.2. The fourth-order valence-corrected chi connectivity index (χ4v) is 4.51. The molecule has 154 valence electrons. The van der Waals surface area contributed by atoms with Crippen LogP contribution in [0.4, 0.5) is 13.2 Å². The van der Waals surface area contributed by atoms with Gasteiger partial charge in [0.1, 0.15) is 5.75 Å². The lowest BCUT2D eigenvalue weighted by atomic mass is 10.1. The van der Waals surface area contributed by atoms with Crippen molar-refractivity contribution in [3.63, 3.8) is 0 Å². The van der Waals surface area contributed by atoms with E-state index < -0.39 is 21.8 Å². The minimum atomic E-state index is -4.46. The van der Waals surface area contributed by atoms with E-state index in [0.29, 0.717) is 16.7 Å². The highest BCUT2D eigenvalue weighted by Crippen LogP contribution is 2.33. The van der Waals surface area contributed by atoms with E-state index in [1.54, 1.807) is 12.1 Å². The molecule has 2 aromatic heterocycles. The van der Waals surface area contributed by atoms with Crippen LogP contribution < -0.4 is 4.74 Å². The molecule has 0 atom stereocenters. The maximum Gasteiger partial charge on any atom is 0.416 e. The summed E-state index contributed by atoms with van der Waals surface area (Å²) in [6, 6.07) is 13.6. The topological polar surface area (TPSA) is 61.2 Å². The number of hydrogen-bond acceptors (Lipinski definition) is 4. The molecule has 0 aliphatic carbocycles. The minimum absolute atomic E-state index is 0.0445. The smallest absolute Gasteiger partial charge is 0.416 e. The maximum absolute atomic E-state index is 13.2. The quantitative estimate of drug-likeness (QED) is 0.457. The average Bonchev–Trinajstić information content (AvgIpc) is 3.18. The molecule has 4 rings (SSSR count). The van der Waals surface area contributed by atoms with E-state index in [2.05, 4.69) is 4.98 Å². The Kier molecular flexibility index (Phi) is 4.77. The molecule has 0 radical (unpaired) electrons. The van der Waals surface area contributed by atoms with Crippen LogP contribution in [0.3, 0.4) is 0 Å². The summed E-state index contributed by atoms with van der Waals surface area (Å²) in [6.45, 7) is 0. The SMILES string of the molecule is COc1ccc(S(=O)(=O)n2ccc3ccnc(-c4ccc(C(F)(F)F)cc4)c32)cc1. The van der Waals surface area contributed by atoms with Crippen LogP contribution in [-0.4, -0.2) is 24.5 Å². The highest BCUT2D eigenvalue weighted by molar-refractivity contribution is 7.90. The number of ether oxygens (including phenoxy) is 1. The van der Waals surface area contributed by atoms with Gasteiger partial charge in [-0.15, -0.1) is 0 Å². The van der Waals surface area contributed by atoms with Crippen LogP contribution in [0.5, 0.6) is 5.75 Å². The summed E-state index contributed by atoms with van der Waals surface area (Å²) in [7, 11) is -2.49. The normalized spacial score (nSPS) is 12.3. The number of alkyl halides is 3. The van der Waals surface area contributed by atoms with Gasteiger partial charge in [0, 0.05) is 23.3 Å². The largest absolute Gasteiger partial charge is 0.497 e. The van der Waals surface area contributed by atoms with Gasteiger partial charge in [-0.25, -0.2) is 12.4 Å². The highest BCUT2D eigenvalue weighted by atomic mass is 32.2. The van der Waals surface area contributed by atoms with E-state index in [0.717, 1.165) is 16.1 Å². The third-order valence-corrected chi connectivity index (χ3v) is 6.36. The minimum Gasteiger partial charge on any atom is -0.497 e. The molecule has 5 nitrogen and oxygen atoms in total. The number of methoxy groups -OCH3 is 1. The first-order chi connectivity index (χ1) is 14.2. The van der Waals surface area contributed by atoms with Crippen molar-refractivity contribution >= 4 is 20.9 Å². The van der Waals surface area contributed by atoms with Gasteiger partial charge in [-0.2, -0.15) is 13.2 Å². The lowest BCUT2D eigenvalue weighted by Crippen LogP contribution is -2.12. The van der Waals surface area contributed by atoms with Crippen LogP contribution in [0.25, 0.3) is 22.2 Å². The zero-order valence-corrected chi connectivity index (χ0v) is 16.4. The van der Waals surface area contributed by atoms with Gasteiger partial charge >= 0.3 is 6.18 Å². The molecular formula is C21H15F3N2O3S. The Morgan fingerprint density at radius 2 is 1.60 bits per heavy atom. The van der Waals surface area contributed by atoms with E-state index in [9.17, 15) is 21.6 Å². The molecule has 2 aromatic carbocycles. The molecule has 0 bridgehead atoms. The number of nitrogens with zero attached hydrogens (tertiary/aromatic N) is 2. The molecule has 4 aromatic rings. The number of pyridine rings is 1. The Hall–Kier alpha value is -3.33. The van der Waals surface area contributed by atoms with E-state index in [-0.39, 0.29) is 16.1 Å². The molecule has 2 heterocycles. The fourth-order valence-electron chi connectivity index (χ4n) is 3.15. The molecule has 0 saturated heterocycles. The maximum atomic E-state index is 13.2. The molecule has 0 saturated carbocycles. The highest BCUT2D eigenvalue weighted by Gasteiger charge is 2.30. The monoisotopic (exact) mass is 432 g/mol. The molecular weight excluding hydrogens is 417 g/mol. The number of fused-ring (bicyclic) bond motifs is 1. The summed E-state index contributed by atoms with van der Waals surface area (Å²) >= 11 is 0. The lowest BCUT2D eigenvalue weighted by molar-refractivity contribution is -0.137. The summed E-state index contributed by atoms with van der Waals surface area (Å²) in [6.07, 6.45) is -1.57. The summed E-state index contributed by atoms with van der Waals surface area (Å²) < 4.78 is 71.2. The van der Waals surface area contributed by atoms with Gasteiger partial charge in [0.15, 0.2) is 0 Å². The Bertz CT molecular complexity index is 1310. The number of benzene rings is 2. The van der Waals surface area contributed by atoms with Gasteiger partial charge in [-0.05, 0) is 48.5 Å². The molecule has 0 aliphatic heterocycles. The van der Waals surface area contributed by atoms with Crippen LogP contribution >= 0.6 is 0 Å².